The van der Waals surface area contributed by atoms with Crippen LogP contribution in [0, 0.1) is 5.92 Å². The Morgan fingerprint density at radius 3 is 2.68 bits per heavy atom. The van der Waals surface area contributed by atoms with Crippen molar-refractivity contribution in [2.24, 2.45) is 5.92 Å². The second kappa shape index (κ2) is 8.29. The smallest absolute Gasteiger partial charge is 0.228 e. The molecule has 2 aliphatic rings. The molecule has 2 N–H and O–H groups in total. The Balaban J connectivity index is 0.00000109. The standard InChI is InChI=1S/C19H19N3O4.C2H6/c1-3-12(23)11-9-20-18(22-19(24)10-7-8-10)17-15(11)21-16-13(25-2)5-4-6-14(16)26-17;1-2/h4-6,9-10,21H,3,7-8H2,1-2H3,(H,20,22,24);1-2H3. The van der Waals surface area contributed by atoms with E-state index < -0.39 is 0 Å². The van der Waals surface area contributed by atoms with Crippen molar-refractivity contribution in [3.8, 4) is 17.2 Å². The van der Waals surface area contributed by atoms with Gasteiger partial charge in [0, 0.05) is 18.5 Å². The first-order chi connectivity index (χ1) is 13.6. The molecule has 7 nitrogen and oxygen atoms in total. The summed E-state index contributed by atoms with van der Waals surface area (Å²) in [6, 6.07) is 5.40. The van der Waals surface area contributed by atoms with Crippen LogP contribution in [0.25, 0.3) is 0 Å². The largest absolute Gasteiger partial charge is 0.494 e. The van der Waals surface area contributed by atoms with Crippen molar-refractivity contribution in [1.82, 2.24) is 4.98 Å². The molecule has 0 radical (unpaired) electrons. The van der Waals surface area contributed by atoms with Gasteiger partial charge in [0.1, 0.15) is 11.4 Å². The predicted molar refractivity (Wildman–Crippen MR) is 108 cm³/mol. The van der Waals surface area contributed by atoms with Gasteiger partial charge in [0.2, 0.25) is 5.91 Å². The van der Waals surface area contributed by atoms with Crippen LogP contribution in [0.15, 0.2) is 24.4 Å². The van der Waals surface area contributed by atoms with Gasteiger partial charge in [0.15, 0.2) is 23.1 Å². The Bertz CT molecular complexity index is 907. The van der Waals surface area contributed by atoms with E-state index in [2.05, 4.69) is 15.6 Å². The third kappa shape index (κ3) is 3.65. The minimum atomic E-state index is -0.0747. The number of anilines is 3. The first-order valence-electron chi connectivity index (χ1n) is 9.61. The molecule has 2 aromatic rings. The van der Waals surface area contributed by atoms with E-state index >= 15 is 0 Å². The number of nitrogens with one attached hydrogen (secondary N) is 2. The van der Waals surface area contributed by atoms with E-state index in [4.69, 9.17) is 9.47 Å². The Labute approximate surface area is 164 Å². The molecule has 0 spiro atoms. The molecule has 4 rings (SSSR count). The van der Waals surface area contributed by atoms with Crippen molar-refractivity contribution in [3.63, 3.8) is 0 Å². The summed E-state index contributed by atoms with van der Waals surface area (Å²) >= 11 is 0. The van der Waals surface area contributed by atoms with Crippen LogP contribution in [0.5, 0.6) is 17.2 Å². The van der Waals surface area contributed by atoms with Gasteiger partial charge in [-0.15, -0.1) is 0 Å². The molecule has 1 saturated carbocycles. The molecule has 0 saturated heterocycles. The molecule has 1 aromatic heterocycles. The number of amides is 1. The molecule has 1 fully saturated rings. The van der Waals surface area contributed by atoms with Gasteiger partial charge < -0.3 is 20.1 Å². The van der Waals surface area contributed by atoms with Crippen LogP contribution < -0.4 is 20.1 Å². The molecular formula is C21H25N3O4. The van der Waals surface area contributed by atoms with Crippen molar-refractivity contribution in [1.29, 1.82) is 0 Å². The van der Waals surface area contributed by atoms with Gasteiger partial charge in [0.05, 0.1) is 18.4 Å². The summed E-state index contributed by atoms with van der Waals surface area (Å²) in [7, 11) is 1.57. The highest BCUT2D eigenvalue weighted by Gasteiger charge is 2.33. The summed E-state index contributed by atoms with van der Waals surface area (Å²) in [6.07, 6.45) is 3.59. The number of aromatic nitrogens is 1. The monoisotopic (exact) mass is 383 g/mol. The fourth-order valence-corrected chi connectivity index (χ4v) is 2.90. The van der Waals surface area contributed by atoms with Crippen molar-refractivity contribution in [2.75, 3.05) is 17.7 Å². The average molecular weight is 383 g/mol. The SMILES string of the molecule is CC.CCC(=O)c1cnc(NC(=O)C2CC2)c2c1Nc1c(OC)cccc1O2. The number of pyridine rings is 1. The topological polar surface area (TPSA) is 89.6 Å². The van der Waals surface area contributed by atoms with Gasteiger partial charge in [0.25, 0.3) is 0 Å². The lowest BCUT2D eigenvalue weighted by Crippen LogP contribution is -2.18. The number of hydrogen-bond donors (Lipinski definition) is 2. The molecule has 148 valence electrons. The van der Waals surface area contributed by atoms with E-state index in [1.54, 1.807) is 32.2 Å². The second-order valence-electron chi connectivity index (χ2n) is 6.33. The number of methoxy groups -OCH3 is 1. The van der Waals surface area contributed by atoms with E-state index in [0.29, 0.717) is 46.4 Å². The predicted octanol–water partition coefficient (Wildman–Crippen LogP) is 4.91. The zero-order valence-electron chi connectivity index (χ0n) is 16.6. The second-order valence-corrected chi connectivity index (χ2v) is 6.33. The zero-order valence-corrected chi connectivity index (χ0v) is 16.6. The van der Waals surface area contributed by atoms with Crippen molar-refractivity contribution < 1.29 is 19.1 Å². The molecule has 0 atom stereocenters. The molecular weight excluding hydrogens is 358 g/mol. The van der Waals surface area contributed by atoms with E-state index in [1.165, 1.54) is 6.20 Å². The summed E-state index contributed by atoms with van der Waals surface area (Å²) in [6.45, 7) is 5.79. The van der Waals surface area contributed by atoms with Crippen LogP contribution in [-0.2, 0) is 4.79 Å². The average Bonchev–Trinajstić information content (AvgIpc) is 3.58. The van der Waals surface area contributed by atoms with E-state index in [0.717, 1.165) is 12.8 Å². The van der Waals surface area contributed by atoms with Gasteiger partial charge in [-0.05, 0) is 25.0 Å². The number of hydrogen-bond acceptors (Lipinski definition) is 6. The molecule has 28 heavy (non-hydrogen) atoms. The third-order valence-electron chi connectivity index (χ3n) is 4.52. The first-order valence-corrected chi connectivity index (χ1v) is 9.61. The molecule has 1 aliphatic heterocycles. The van der Waals surface area contributed by atoms with E-state index in [9.17, 15) is 9.59 Å². The highest BCUT2D eigenvalue weighted by molar-refractivity contribution is 6.06. The highest BCUT2D eigenvalue weighted by atomic mass is 16.5. The van der Waals surface area contributed by atoms with Gasteiger partial charge in [-0.2, -0.15) is 0 Å². The molecule has 0 unspecified atom stereocenters. The fraction of sp³-hybridized carbons (Fsp3) is 0.381. The van der Waals surface area contributed by atoms with Crippen molar-refractivity contribution >= 4 is 28.9 Å². The Morgan fingerprint density at radius 1 is 1.29 bits per heavy atom. The molecule has 1 aromatic carbocycles. The maximum atomic E-state index is 12.3. The zero-order chi connectivity index (χ0) is 20.3. The quantitative estimate of drug-likeness (QED) is 0.609. The molecule has 0 bridgehead atoms. The lowest BCUT2D eigenvalue weighted by Gasteiger charge is -2.26. The number of carbonyl (C=O) groups excluding carboxylic acids is 2. The normalized spacial score (nSPS) is 13.6. The van der Waals surface area contributed by atoms with Crippen LogP contribution in [0.1, 0.15) is 50.4 Å². The summed E-state index contributed by atoms with van der Waals surface area (Å²) < 4.78 is 11.4. The number of para-hydroxylation sites is 1. The summed E-state index contributed by atoms with van der Waals surface area (Å²) in [5.74, 6) is 1.69. The number of ketones is 1. The first kappa shape index (κ1) is 19.7. The number of benzene rings is 1. The van der Waals surface area contributed by atoms with Crippen molar-refractivity contribution in [2.45, 2.75) is 40.0 Å². The van der Waals surface area contributed by atoms with Crippen LogP contribution >= 0.6 is 0 Å². The molecule has 1 amide bonds. The van der Waals surface area contributed by atoms with Gasteiger partial charge in [-0.25, -0.2) is 4.98 Å². The number of ether oxygens (including phenoxy) is 2. The summed E-state index contributed by atoms with van der Waals surface area (Å²) in [5, 5.41) is 6.06. The van der Waals surface area contributed by atoms with Crippen LogP contribution in [-0.4, -0.2) is 23.8 Å². The minimum Gasteiger partial charge on any atom is -0.494 e. The van der Waals surface area contributed by atoms with Crippen molar-refractivity contribution in [3.05, 3.63) is 30.0 Å². The Morgan fingerprint density at radius 2 is 2.04 bits per heavy atom. The molecule has 1 aliphatic carbocycles. The number of fused-ring (bicyclic) bond motifs is 2. The maximum Gasteiger partial charge on any atom is 0.228 e. The molecule has 2 heterocycles. The van der Waals surface area contributed by atoms with E-state index in [1.807, 2.05) is 13.8 Å². The molecule has 7 heteroatoms. The number of nitrogens with zero attached hydrogens (tertiary/aromatic N) is 1. The number of rotatable bonds is 5. The van der Waals surface area contributed by atoms with Gasteiger partial charge in [-0.1, -0.05) is 26.8 Å². The van der Waals surface area contributed by atoms with Crippen LogP contribution in [0.3, 0.4) is 0 Å². The minimum absolute atomic E-state index is 0.0355. The number of carbonyl (C=O) groups is 2. The number of Topliss-reactive ketones (excluding diaryl/α,β-unsaturated/α-hetero) is 1. The summed E-state index contributed by atoms with van der Waals surface area (Å²) in [5.41, 5.74) is 1.55. The van der Waals surface area contributed by atoms with Crippen LogP contribution in [0.4, 0.5) is 17.2 Å². The van der Waals surface area contributed by atoms with Crippen LogP contribution in [0.2, 0.25) is 0 Å². The van der Waals surface area contributed by atoms with Gasteiger partial charge >= 0.3 is 0 Å². The van der Waals surface area contributed by atoms with Gasteiger partial charge in [-0.3, -0.25) is 9.59 Å². The Kier molecular flexibility index (Phi) is 5.82. The Hall–Kier alpha value is -3.09. The highest BCUT2D eigenvalue weighted by Crippen LogP contribution is 2.50. The fourth-order valence-electron chi connectivity index (χ4n) is 2.90. The third-order valence-corrected chi connectivity index (χ3v) is 4.52. The lowest BCUT2D eigenvalue weighted by atomic mass is 10.1. The summed E-state index contributed by atoms with van der Waals surface area (Å²) in [4.78, 5) is 28.8. The maximum absolute atomic E-state index is 12.3. The van der Waals surface area contributed by atoms with E-state index in [-0.39, 0.29) is 17.6 Å². The lowest BCUT2D eigenvalue weighted by molar-refractivity contribution is -0.117.